The maximum Gasteiger partial charge on any atom is 0.305 e. The summed E-state index contributed by atoms with van der Waals surface area (Å²) < 4.78 is 10.9. The highest BCUT2D eigenvalue weighted by molar-refractivity contribution is 6.74. The van der Waals surface area contributed by atoms with E-state index in [0.29, 0.717) is 6.42 Å². The number of hydrogen-bond acceptors (Lipinski definition) is 4. The average Bonchev–Trinajstić information content (AvgIpc) is 2.46. The van der Waals surface area contributed by atoms with Gasteiger partial charge in [-0.25, -0.2) is 0 Å². The predicted octanol–water partition coefficient (Wildman–Crippen LogP) is 4.31. The molecule has 4 nitrogen and oxygen atoms in total. The van der Waals surface area contributed by atoms with Gasteiger partial charge in [-0.05, 0) is 42.2 Å². The van der Waals surface area contributed by atoms with Crippen molar-refractivity contribution >= 4 is 20.6 Å². The van der Waals surface area contributed by atoms with Gasteiger partial charge >= 0.3 is 5.97 Å². The monoisotopic (exact) mass is 336 g/mol. The second-order valence-corrected chi connectivity index (χ2v) is 12.0. The molecule has 0 N–H and O–H groups in total. The van der Waals surface area contributed by atoms with Crippen molar-refractivity contribution in [2.45, 2.75) is 57.7 Å². The zero-order valence-corrected chi connectivity index (χ0v) is 16.0. The third kappa shape index (κ3) is 5.50. The van der Waals surface area contributed by atoms with Gasteiger partial charge in [0, 0.05) is 12.3 Å². The second kappa shape index (κ2) is 7.77. The van der Waals surface area contributed by atoms with Gasteiger partial charge in [-0.2, -0.15) is 0 Å². The molecule has 0 aliphatic rings. The number of ether oxygens (including phenoxy) is 1. The largest absolute Gasteiger partial charge is 0.543 e. The molecule has 0 saturated carbocycles. The fourth-order valence-electron chi connectivity index (χ4n) is 1.95. The van der Waals surface area contributed by atoms with E-state index in [1.165, 1.54) is 7.11 Å². The van der Waals surface area contributed by atoms with E-state index in [1.807, 2.05) is 24.3 Å². The molecule has 0 fully saturated rings. The van der Waals surface area contributed by atoms with Gasteiger partial charge in [0.25, 0.3) is 0 Å². The first-order chi connectivity index (χ1) is 10.6. The molecular formula is C18H28O4Si. The molecule has 1 aromatic carbocycles. The lowest BCUT2D eigenvalue weighted by Gasteiger charge is -2.36. The van der Waals surface area contributed by atoms with Crippen LogP contribution in [0.2, 0.25) is 18.1 Å². The molecule has 0 aromatic heterocycles. The van der Waals surface area contributed by atoms with Gasteiger partial charge in [-0.1, -0.05) is 32.9 Å². The summed E-state index contributed by atoms with van der Waals surface area (Å²) in [5.74, 6) is 0.168. The Balaban J connectivity index is 2.90. The van der Waals surface area contributed by atoms with Crippen molar-refractivity contribution in [2.24, 2.45) is 0 Å². The van der Waals surface area contributed by atoms with Gasteiger partial charge in [0.2, 0.25) is 8.32 Å². The fraction of sp³-hybridized carbons (Fsp3) is 0.556. The number of rotatable bonds is 7. The van der Waals surface area contributed by atoms with Crippen LogP contribution in [0.5, 0.6) is 5.75 Å². The molecule has 1 aromatic rings. The van der Waals surface area contributed by atoms with E-state index in [0.717, 1.165) is 17.6 Å². The van der Waals surface area contributed by atoms with Crippen LogP contribution in [0.4, 0.5) is 0 Å². The van der Waals surface area contributed by atoms with E-state index < -0.39 is 8.32 Å². The van der Waals surface area contributed by atoms with Crippen LogP contribution in [-0.4, -0.2) is 27.7 Å². The molecule has 0 amide bonds. The van der Waals surface area contributed by atoms with E-state index >= 15 is 0 Å². The minimum absolute atomic E-state index is 0.109. The Kier molecular flexibility index (Phi) is 6.56. The summed E-state index contributed by atoms with van der Waals surface area (Å²) >= 11 is 0. The van der Waals surface area contributed by atoms with Crippen LogP contribution in [0.25, 0.3) is 0 Å². The summed E-state index contributed by atoms with van der Waals surface area (Å²) in [6.45, 7) is 10.9. The lowest BCUT2D eigenvalue weighted by atomic mass is 9.95. The summed E-state index contributed by atoms with van der Waals surface area (Å²) in [7, 11) is -0.565. The first-order valence-electron chi connectivity index (χ1n) is 7.92. The van der Waals surface area contributed by atoms with Gasteiger partial charge in [0.05, 0.1) is 7.11 Å². The van der Waals surface area contributed by atoms with E-state index in [1.54, 1.807) is 0 Å². The topological polar surface area (TPSA) is 52.6 Å². The molecule has 0 saturated heterocycles. The van der Waals surface area contributed by atoms with E-state index in [4.69, 9.17) is 4.43 Å². The van der Waals surface area contributed by atoms with Gasteiger partial charge < -0.3 is 14.0 Å². The Morgan fingerprint density at radius 2 is 1.96 bits per heavy atom. The van der Waals surface area contributed by atoms with Crippen molar-refractivity contribution in [3.63, 3.8) is 0 Å². The first kappa shape index (κ1) is 19.4. The minimum Gasteiger partial charge on any atom is -0.543 e. The van der Waals surface area contributed by atoms with E-state index in [-0.39, 0.29) is 23.3 Å². The zero-order valence-electron chi connectivity index (χ0n) is 15.0. The van der Waals surface area contributed by atoms with Crippen molar-refractivity contribution in [3.8, 4) is 5.75 Å². The van der Waals surface area contributed by atoms with Gasteiger partial charge in [-0.15, -0.1) is 0 Å². The molecule has 1 atom stereocenters. The molecule has 0 heterocycles. The van der Waals surface area contributed by atoms with Crippen molar-refractivity contribution in [3.05, 3.63) is 29.8 Å². The van der Waals surface area contributed by atoms with Crippen LogP contribution in [0, 0.1) is 0 Å². The number of methoxy groups -OCH3 is 1. The van der Waals surface area contributed by atoms with Crippen molar-refractivity contribution < 1.29 is 18.8 Å². The summed E-state index contributed by atoms with van der Waals surface area (Å²) in [5.41, 5.74) is 0.875. The smallest absolute Gasteiger partial charge is 0.305 e. The van der Waals surface area contributed by atoms with Crippen LogP contribution in [0.3, 0.4) is 0 Å². The normalized spacial score (nSPS) is 13.3. The van der Waals surface area contributed by atoms with Gasteiger partial charge in [0.15, 0.2) is 0 Å². The first-order valence-corrected chi connectivity index (χ1v) is 10.8. The lowest BCUT2D eigenvalue weighted by Crippen LogP contribution is -2.43. The Morgan fingerprint density at radius 3 is 2.48 bits per heavy atom. The van der Waals surface area contributed by atoms with Crippen molar-refractivity contribution in [2.75, 3.05) is 7.11 Å². The molecule has 0 spiro atoms. The molecule has 0 aliphatic carbocycles. The maximum atomic E-state index is 11.4. The number of hydrogen-bond donors (Lipinski definition) is 0. The highest BCUT2D eigenvalue weighted by atomic mass is 28.4. The molecule has 0 aliphatic heterocycles. The molecule has 23 heavy (non-hydrogen) atoms. The average molecular weight is 337 g/mol. The number of aldehydes is 1. The van der Waals surface area contributed by atoms with Crippen molar-refractivity contribution in [1.82, 2.24) is 0 Å². The summed E-state index contributed by atoms with van der Waals surface area (Å²) in [4.78, 5) is 22.6. The molecule has 128 valence electrons. The Bertz CT molecular complexity index is 546. The molecule has 0 bridgehead atoms. The Labute approximate surface area is 140 Å². The van der Waals surface area contributed by atoms with Crippen LogP contribution in [-0.2, 0) is 14.3 Å². The number of esters is 1. The maximum absolute atomic E-state index is 11.4. The van der Waals surface area contributed by atoms with Crippen LogP contribution < -0.4 is 4.43 Å². The number of benzene rings is 1. The van der Waals surface area contributed by atoms with Gasteiger partial charge in [0.1, 0.15) is 12.0 Å². The third-order valence-corrected chi connectivity index (χ3v) is 8.88. The zero-order chi connectivity index (χ0) is 17.7. The highest BCUT2D eigenvalue weighted by Gasteiger charge is 2.39. The van der Waals surface area contributed by atoms with Crippen LogP contribution in [0.1, 0.15) is 45.1 Å². The summed E-state index contributed by atoms with van der Waals surface area (Å²) in [6, 6.07) is 7.63. The fourth-order valence-corrected chi connectivity index (χ4v) is 2.97. The highest BCUT2D eigenvalue weighted by Crippen LogP contribution is 2.37. The Morgan fingerprint density at radius 1 is 1.30 bits per heavy atom. The summed E-state index contributed by atoms with van der Waals surface area (Å²) in [5, 5.41) is 0.109. The Hall–Kier alpha value is -1.62. The lowest BCUT2D eigenvalue weighted by molar-refractivity contribution is -0.140. The quantitative estimate of drug-likeness (QED) is 0.423. The van der Waals surface area contributed by atoms with Crippen LogP contribution >= 0.6 is 0 Å². The predicted molar refractivity (Wildman–Crippen MR) is 94.3 cm³/mol. The minimum atomic E-state index is -1.92. The SMILES string of the molecule is COC(=O)CCC(C=O)c1cccc(O[Si](C)(C)C(C)(C)C)c1. The molecule has 0 radical (unpaired) electrons. The summed E-state index contributed by atoms with van der Waals surface area (Å²) in [6.07, 6.45) is 1.56. The van der Waals surface area contributed by atoms with Gasteiger partial charge in [-0.3, -0.25) is 4.79 Å². The van der Waals surface area contributed by atoms with Crippen molar-refractivity contribution in [1.29, 1.82) is 0 Å². The van der Waals surface area contributed by atoms with E-state index in [2.05, 4.69) is 38.6 Å². The molecule has 5 heteroatoms. The number of carbonyl (C=O) groups excluding carboxylic acids is 2. The molecule has 1 unspecified atom stereocenters. The van der Waals surface area contributed by atoms with E-state index in [9.17, 15) is 9.59 Å². The molecular weight excluding hydrogens is 308 g/mol. The second-order valence-electron chi connectivity index (χ2n) is 7.29. The van der Waals surface area contributed by atoms with Crippen LogP contribution in [0.15, 0.2) is 24.3 Å². The number of carbonyl (C=O) groups is 2. The standard InChI is InChI=1S/C18H28O4Si/c1-18(2,3)23(5,6)22-16-9-7-8-14(12-16)15(13-19)10-11-17(20)21-4/h7-9,12-13,15H,10-11H2,1-6H3. The third-order valence-electron chi connectivity index (χ3n) is 4.52. The molecule has 1 rings (SSSR count).